The molecule has 1 aromatic carbocycles. The summed E-state index contributed by atoms with van der Waals surface area (Å²) in [4.78, 5) is 22.3. The number of hydrogen-bond acceptors (Lipinski definition) is 8. The van der Waals surface area contributed by atoms with Crippen molar-refractivity contribution in [3.63, 3.8) is 0 Å². The van der Waals surface area contributed by atoms with Crippen molar-refractivity contribution in [2.24, 2.45) is 22.7 Å². The van der Waals surface area contributed by atoms with E-state index in [0.29, 0.717) is 23.8 Å². The zero-order valence-electron chi connectivity index (χ0n) is 24.1. The Kier molecular flexibility index (Phi) is 6.79. The maximum Gasteiger partial charge on any atom is 0.286 e. The van der Waals surface area contributed by atoms with Gasteiger partial charge in [0.25, 0.3) is 5.56 Å². The topological polar surface area (TPSA) is 143 Å². The fourth-order valence-electron chi connectivity index (χ4n) is 7.94. The lowest BCUT2D eigenvalue weighted by atomic mass is 9.47. The minimum absolute atomic E-state index is 0.0386. The van der Waals surface area contributed by atoms with Crippen molar-refractivity contribution in [1.82, 2.24) is 19.1 Å². The fourth-order valence-corrected chi connectivity index (χ4v) is 7.94. The maximum absolute atomic E-state index is 13.6. The van der Waals surface area contributed by atoms with Crippen molar-refractivity contribution in [2.45, 2.75) is 84.7 Å². The van der Waals surface area contributed by atoms with E-state index in [0.717, 1.165) is 25.7 Å². The van der Waals surface area contributed by atoms with Crippen LogP contribution >= 0.6 is 0 Å². The van der Waals surface area contributed by atoms with Crippen molar-refractivity contribution in [3.8, 4) is 17.2 Å². The fraction of sp³-hybridized carbons (Fsp3) is 0.581. The first-order chi connectivity index (χ1) is 19.5. The van der Waals surface area contributed by atoms with Gasteiger partial charge in [0, 0.05) is 18.1 Å². The van der Waals surface area contributed by atoms with Crippen LogP contribution < -0.4 is 5.56 Å². The minimum Gasteiger partial charge on any atom is -0.508 e. The maximum atomic E-state index is 13.6. The molecule has 3 heterocycles. The summed E-state index contributed by atoms with van der Waals surface area (Å²) >= 11 is 0. The number of allylic oxidation sites excluding steroid dienone is 2. The number of hydrogen-bond donors (Lipinski definition) is 4. The number of aromatic nitrogens is 4. The number of nitrogens with zero attached hydrogens (tertiary/aromatic N) is 4. The van der Waals surface area contributed by atoms with Gasteiger partial charge in [-0.15, -0.1) is 0 Å². The highest BCUT2D eigenvalue weighted by molar-refractivity contribution is 5.70. The first-order valence-electron chi connectivity index (χ1n) is 14.6. The van der Waals surface area contributed by atoms with Gasteiger partial charge in [-0.25, -0.2) is 9.97 Å². The molecule has 0 amide bonds. The van der Waals surface area contributed by atoms with Crippen LogP contribution in [0.4, 0.5) is 0 Å². The second-order valence-electron chi connectivity index (χ2n) is 12.9. The van der Waals surface area contributed by atoms with Crippen LogP contribution in [-0.4, -0.2) is 58.3 Å². The molecule has 6 rings (SSSR count). The molecule has 3 aromatic rings. The number of fused-ring (bicyclic) bond motifs is 2. The van der Waals surface area contributed by atoms with Crippen LogP contribution in [0, 0.1) is 22.7 Å². The van der Waals surface area contributed by atoms with E-state index < -0.39 is 24.0 Å². The lowest BCUT2D eigenvalue weighted by Gasteiger charge is -2.58. The van der Waals surface area contributed by atoms with Crippen molar-refractivity contribution in [1.29, 1.82) is 0 Å². The van der Waals surface area contributed by atoms with Gasteiger partial charge in [-0.2, -0.15) is 0 Å². The van der Waals surface area contributed by atoms with E-state index in [1.54, 1.807) is 10.6 Å². The number of aliphatic hydroxyl groups is 2. The number of benzene rings is 1. The molecular formula is C31H40N4O6. The van der Waals surface area contributed by atoms with E-state index in [-0.39, 0.29) is 52.2 Å². The van der Waals surface area contributed by atoms with Gasteiger partial charge >= 0.3 is 0 Å². The van der Waals surface area contributed by atoms with Gasteiger partial charge in [0.05, 0.1) is 24.7 Å². The van der Waals surface area contributed by atoms with Crippen LogP contribution in [0.15, 0.2) is 41.2 Å². The number of imidazole rings is 1. The summed E-state index contributed by atoms with van der Waals surface area (Å²) in [7, 11) is 0. The van der Waals surface area contributed by atoms with Crippen LogP contribution in [0.1, 0.15) is 71.6 Å². The summed E-state index contributed by atoms with van der Waals surface area (Å²) in [6.45, 7) is 8.91. The van der Waals surface area contributed by atoms with Crippen molar-refractivity contribution < 1.29 is 25.2 Å². The van der Waals surface area contributed by atoms with Crippen molar-refractivity contribution >= 4 is 11.2 Å². The molecule has 7 atom stereocenters. The molecule has 2 aromatic heterocycles. The highest BCUT2D eigenvalue weighted by Gasteiger charge is 2.53. The molecule has 2 aliphatic carbocycles. The van der Waals surface area contributed by atoms with Gasteiger partial charge in [0.1, 0.15) is 30.2 Å². The SMILES string of the molecule is CC1=CCCC2C1(C)CCC(C)C2(C)Cc1cc(O)cc(-n2cnc3c(ncn3C3CC(O)C(CO)O3)c2=O)c1O. The predicted octanol–water partition coefficient (Wildman–Crippen LogP) is 3.98. The van der Waals surface area contributed by atoms with E-state index in [1.165, 1.54) is 28.9 Å². The first kappa shape index (κ1) is 27.9. The van der Waals surface area contributed by atoms with Gasteiger partial charge in [-0.05, 0) is 67.8 Å². The van der Waals surface area contributed by atoms with Gasteiger partial charge < -0.3 is 25.2 Å². The molecule has 1 saturated heterocycles. The molecule has 1 saturated carbocycles. The van der Waals surface area contributed by atoms with Crippen LogP contribution in [0.3, 0.4) is 0 Å². The second-order valence-corrected chi connectivity index (χ2v) is 12.9. The molecule has 10 heteroatoms. The smallest absolute Gasteiger partial charge is 0.286 e. The Bertz CT molecular complexity index is 1580. The summed E-state index contributed by atoms with van der Waals surface area (Å²) in [5, 5.41) is 41.9. The Balaban J connectivity index is 1.38. The predicted molar refractivity (Wildman–Crippen MR) is 153 cm³/mol. The van der Waals surface area contributed by atoms with Gasteiger partial charge in [0.15, 0.2) is 11.2 Å². The third kappa shape index (κ3) is 4.30. The first-order valence-corrected chi connectivity index (χ1v) is 14.6. The molecule has 0 radical (unpaired) electrons. The summed E-state index contributed by atoms with van der Waals surface area (Å²) in [5.74, 6) is 0.758. The highest BCUT2D eigenvalue weighted by atomic mass is 16.5. The number of ether oxygens (including phenoxy) is 1. The van der Waals surface area contributed by atoms with Crippen LogP contribution in [0.5, 0.6) is 11.5 Å². The average Bonchev–Trinajstić information content (AvgIpc) is 3.54. The van der Waals surface area contributed by atoms with Crippen molar-refractivity contribution in [3.05, 3.63) is 52.4 Å². The van der Waals surface area contributed by atoms with E-state index in [2.05, 4.69) is 43.7 Å². The molecule has 2 fully saturated rings. The number of phenolic OH excluding ortho intramolecular Hbond substituents is 2. The standard InChI is InChI=1S/C31H40N4O6/c1-17-6-5-7-24-30(17,3)9-8-18(2)31(24,4)13-19-10-20(37)11-21(27(19)39)34-16-33-28-26(29(34)40)32-15-35(28)25-12-22(38)23(14-36)41-25/h6,10-11,15-16,18,22-25,36-39H,5,7-9,12-14H2,1-4H3. The Morgan fingerprint density at radius 2 is 1.93 bits per heavy atom. The van der Waals surface area contributed by atoms with Gasteiger partial charge in [0.2, 0.25) is 0 Å². The zero-order valence-corrected chi connectivity index (χ0v) is 24.1. The summed E-state index contributed by atoms with van der Waals surface area (Å²) < 4.78 is 8.50. The second kappa shape index (κ2) is 9.96. The van der Waals surface area contributed by atoms with Crippen LogP contribution in [0.25, 0.3) is 16.9 Å². The van der Waals surface area contributed by atoms with E-state index in [1.807, 2.05) is 0 Å². The average molecular weight is 565 g/mol. The number of rotatable bonds is 5. The Hall–Kier alpha value is -3.21. The number of aromatic hydroxyl groups is 2. The van der Waals surface area contributed by atoms with E-state index in [4.69, 9.17) is 4.74 Å². The van der Waals surface area contributed by atoms with E-state index >= 15 is 0 Å². The quantitative estimate of drug-likeness (QED) is 0.269. The molecular weight excluding hydrogens is 524 g/mol. The lowest BCUT2D eigenvalue weighted by molar-refractivity contribution is -0.0432. The van der Waals surface area contributed by atoms with Crippen LogP contribution in [0.2, 0.25) is 0 Å². The number of aliphatic hydroxyl groups excluding tert-OH is 2. The molecule has 4 N–H and O–H groups in total. The Labute approximate surface area is 239 Å². The van der Waals surface area contributed by atoms with Crippen molar-refractivity contribution in [2.75, 3.05) is 6.61 Å². The largest absolute Gasteiger partial charge is 0.508 e. The summed E-state index contributed by atoms with van der Waals surface area (Å²) in [6, 6.07) is 2.98. The normalized spacial score (nSPS) is 33.6. The molecule has 0 bridgehead atoms. The molecule has 41 heavy (non-hydrogen) atoms. The highest BCUT2D eigenvalue weighted by Crippen LogP contribution is 2.61. The molecule has 0 spiro atoms. The van der Waals surface area contributed by atoms with Crippen LogP contribution in [-0.2, 0) is 11.2 Å². The lowest BCUT2D eigenvalue weighted by Crippen LogP contribution is -2.50. The molecule has 10 nitrogen and oxygen atoms in total. The minimum atomic E-state index is -0.842. The summed E-state index contributed by atoms with van der Waals surface area (Å²) in [6.07, 6.45) is 8.09. The molecule has 3 aliphatic rings. The van der Waals surface area contributed by atoms with Gasteiger partial charge in [-0.1, -0.05) is 32.4 Å². The third-order valence-electron chi connectivity index (χ3n) is 10.8. The monoisotopic (exact) mass is 564 g/mol. The van der Waals surface area contributed by atoms with E-state index in [9.17, 15) is 25.2 Å². The third-order valence-corrected chi connectivity index (χ3v) is 10.8. The Morgan fingerprint density at radius 3 is 2.66 bits per heavy atom. The molecule has 1 aliphatic heterocycles. The molecule has 7 unspecified atom stereocenters. The Morgan fingerprint density at radius 1 is 1.15 bits per heavy atom. The summed E-state index contributed by atoms with van der Waals surface area (Å²) in [5.41, 5.74) is 2.02. The molecule has 220 valence electrons. The van der Waals surface area contributed by atoms with Gasteiger partial charge in [-0.3, -0.25) is 13.9 Å². The zero-order chi connectivity index (χ0) is 29.3. The number of phenols is 2.